The number of hydrogen-bond acceptors (Lipinski definition) is 5. The van der Waals surface area contributed by atoms with E-state index in [-0.39, 0.29) is 11.0 Å². The molecule has 2 heterocycles. The van der Waals surface area contributed by atoms with Gasteiger partial charge in [-0.1, -0.05) is 19.1 Å². The molecular weight excluding hydrogens is 326 g/mol. The molecule has 5 nitrogen and oxygen atoms in total. The van der Waals surface area contributed by atoms with Crippen LogP contribution < -0.4 is 5.73 Å². The molecule has 21 heavy (non-hydrogen) atoms. The quantitative estimate of drug-likeness (QED) is 0.818. The molecule has 1 aliphatic rings. The molecule has 1 fully saturated rings. The molecule has 1 aromatic heterocycles. The van der Waals surface area contributed by atoms with Crippen LogP contribution in [0, 0.1) is 0 Å². The van der Waals surface area contributed by atoms with Crippen molar-refractivity contribution >= 4 is 38.6 Å². The second kappa shape index (κ2) is 6.70. The third kappa shape index (κ3) is 3.62. The van der Waals surface area contributed by atoms with Crippen LogP contribution in [0.4, 0.5) is 0 Å². The molecule has 0 amide bonds. The second-order valence-electron chi connectivity index (χ2n) is 5.17. The van der Waals surface area contributed by atoms with Gasteiger partial charge in [0.1, 0.15) is 9.20 Å². The summed E-state index contributed by atoms with van der Waals surface area (Å²) >= 11 is 6.03. The number of rotatable bonds is 5. The summed E-state index contributed by atoms with van der Waals surface area (Å²) in [5.74, 6) is 0. The first-order valence-electron chi connectivity index (χ1n) is 6.96. The lowest BCUT2D eigenvalue weighted by Gasteiger charge is -2.35. The van der Waals surface area contributed by atoms with E-state index < -0.39 is 10.0 Å². The van der Waals surface area contributed by atoms with Crippen LogP contribution in [0.3, 0.4) is 0 Å². The number of nitrogens with zero attached hydrogens (tertiary/aromatic N) is 2. The van der Waals surface area contributed by atoms with Crippen LogP contribution in [0.25, 0.3) is 0 Å². The molecule has 1 saturated heterocycles. The van der Waals surface area contributed by atoms with E-state index in [1.165, 1.54) is 4.31 Å². The highest BCUT2D eigenvalue weighted by Crippen LogP contribution is 2.27. The summed E-state index contributed by atoms with van der Waals surface area (Å²) in [6.45, 7) is 5.04. The van der Waals surface area contributed by atoms with Crippen molar-refractivity contribution in [1.82, 2.24) is 9.21 Å². The van der Waals surface area contributed by atoms with Gasteiger partial charge in [-0.2, -0.15) is 4.31 Å². The van der Waals surface area contributed by atoms with Gasteiger partial charge in [0.2, 0.25) is 0 Å². The van der Waals surface area contributed by atoms with Crippen molar-refractivity contribution < 1.29 is 8.42 Å². The predicted molar refractivity (Wildman–Crippen MR) is 90.3 cm³/mol. The van der Waals surface area contributed by atoms with Gasteiger partial charge in [-0.3, -0.25) is 0 Å². The highest BCUT2D eigenvalue weighted by atomic mass is 32.2. The van der Waals surface area contributed by atoms with Crippen molar-refractivity contribution in [2.24, 2.45) is 5.73 Å². The first-order valence-corrected chi connectivity index (χ1v) is 9.62. The number of sulfonamides is 1. The summed E-state index contributed by atoms with van der Waals surface area (Å²) in [7, 11) is -1.79. The Balaban J connectivity index is 2.13. The SMILES string of the molecule is CCN1CCC(N(C)S(=O)(=O)c2ccc(C(N)=S)s2)CC1. The molecule has 0 aromatic carbocycles. The summed E-state index contributed by atoms with van der Waals surface area (Å²) in [5, 5.41) is 0. The number of thiophene rings is 1. The molecule has 0 saturated carbocycles. The lowest BCUT2D eigenvalue weighted by atomic mass is 10.1. The number of thiocarbonyl (C=S) groups is 1. The number of nitrogens with two attached hydrogens (primary N) is 1. The van der Waals surface area contributed by atoms with Crippen molar-refractivity contribution in [3.8, 4) is 0 Å². The standard InChI is InChI=1S/C13H21N3O2S3/c1-3-16-8-6-10(7-9-16)15(2)21(17,18)12-5-4-11(20-12)13(14)19/h4-5,10H,3,6-9H2,1-2H3,(H2,14,19). The largest absolute Gasteiger partial charge is 0.389 e. The van der Waals surface area contributed by atoms with Gasteiger partial charge in [-0.15, -0.1) is 11.3 Å². The maximum atomic E-state index is 12.7. The highest BCUT2D eigenvalue weighted by molar-refractivity contribution is 7.91. The van der Waals surface area contributed by atoms with Crippen LogP contribution in [-0.4, -0.2) is 55.3 Å². The lowest BCUT2D eigenvalue weighted by molar-refractivity contribution is 0.176. The average Bonchev–Trinajstić information content (AvgIpc) is 2.97. The Kier molecular flexibility index (Phi) is 5.37. The van der Waals surface area contributed by atoms with Gasteiger partial charge in [-0.05, 0) is 44.6 Å². The second-order valence-corrected chi connectivity index (χ2v) is 8.92. The monoisotopic (exact) mass is 347 g/mol. The minimum atomic E-state index is -3.46. The molecule has 0 aliphatic carbocycles. The van der Waals surface area contributed by atoms with Crippen LogP contribution in [-0.2, 0) is 10.0 Å². The zero-order valence-corrected chi connectivity index (χ0v) is 14.7. The fourth-order valence-electron chi connectivity index (χ4n) is 2.53. The van der Waals surface area contributed by atoms with Gasteiger partial charge in [0.15, 0.2) is 0 Å². The van der Waals surface area contributed by atoms with Gasteiger partial charge >= 0.3 is 0 Å². The van der Waals surface area contributed by atoms with Crippen LogP contribution in [0.2, 0.25) is 0 Å². The van der Waals surface area contributed by atoms with Crippen molar-refractivity contribution in [2.45, 2.75) is 30.0 Å². The van der Waals surface area contributed by atoms with Gasteiger partial charge in [0, 0.05) is 13.1 Å². The van der Waals surface area contributed by atoms with Gasteiger partial charge in [-0.25, -0.2) is 8.42 Å². The molecule has 0 spiro atoms. The van der Waals surface area contributed by atoms with Gasteiger partial charge in [0.05, 0.1) is 4.88 Å². The Hall–Kier alpha value is -0.540. The molecule has 118 valence electrons. The molecule has 2 N–H and O–H groups in total. The van der Waals surface area contributed by atoms with Crippen molar-refractivity contribution in [3.63, 3.8) is 0 Å². The van der Waals surface area contributed by atoms with E-state index in [9.17, 15) is 8.42 Å². The Bertz CT molecular complexity index is 604. The summed E-state index contributed by atoms with van der Waals surface area (Å²) in [6.07, 6.45) is 1.74. The number of hydrogen-bond donors (Lipinski definition) is 1. The maximum Gasteiger partial charge on any atom is 0.252 e. The van der Waals surface area contributed by atoms with E-state index in [1.807, 2.05) is 0 Å². The van der Waals surface area contributed by atoms with Crippen LogP contribution in [0.1, 0.15) is 24.6 Å². The predicted octanol–water partition coefficient (Wildman–Crippen LogP) is 1.49. The van der Waals surface area contributed by atoms with E-state index in [0.29, 0.717) is 9.09 Å². The summed E-state index contributed by atoms with van der Waals surface area (Å²) < 4.78 is 27.1. The third-order valence-corrected chi connectivity index (χ3v) is 7.82. The Labute approximate surface area is 135 Å². The van der Waals surface area contributed by atoms with Gasteiger partial charge < -0.3 is 10.6 Å². The maximum absolute atomic E-state index is 12.7. The Morgan fingerprint density at radius 2 is 2.10 bits per heavy atom. The summed E-state index contributed by atoms with van der Waals surface area (Å²) in [6, 6.07) is 3.33. The van der Waals surface area contributed by atoms with Crippen LogP contribution in [0.15, 0.2) is 16.3 Å². The average molecular weight is 348 g/mol. The molecule has 8 heteroatoms. The zero-order chi connectivity index (χ0) is 15.6. The summed E-state index contributed by atoms with van der Waals surface area (Å²) in [5.41, 5.74) is 5.55. The first-order chi connectivity index (χ1) is 9.86. The molecule has 1 aliphatic heterocycles. The fraction of sp³-hybridized carbons (Fsp3) is 0.615. The topological polar surface area (TPSA) is 66.6 Å². The van der Waals surface area contributed by atoms with Crippen LogP contribution in [0.5, 0.6) is 0 Å². The molecule has 2 rings (SSSR count). The fourth-order valence-corrected chi connectivity index (χ4v) is 5.48. The van der Waals surface area contributed by atoms with Gasteiger partial charge in [0.25, 0.3) is 10.0 Å². The normalized spacial score (nSPS) is 18.2. The van der Waals surface area contributed by atoms with Crippen LogP contribution >= 0.6 is 23.6 Å². The van der Waals surface area contributed by atoms with E-state index in [2.05, 4.69) is 11.8 Å². The molecule has 0 radical (unpaired) electrons. The minimum absolute atomic E-state index is 0.0631. The molecular formula is C13H21N3O2S3. The van der Waals surface area contributed by atoms with Crippen molar-refractivity contribution in [2.75, 3.05) is 26.7 Å². The van der Waals surface area contributed by atoms with Crippen molar-refractivity contribution in [3.05, 3.63) is 17.0 Å². The third-order valence-electron chi connectivity index (χ3n) is 3.98. The summed E-state index contributed by atoms with van der Waals surface area (Å²) in [4.78, 5) is 3.21. The Morgan fingerprint density at radius 3 is 2.57 bits per heavy atom. The van der Waals surface area contributed by atoms with E-state index in [4.69, 9.17) is 18.0 Å². The lowest BCUT2D eigenvalue weighted by Crippen LogP contribution is -2.45. The number of piperidine rings is 1. The van der Waals surface area contributed by atoms with E-state index in [1.54, 1.807) is 19.2 Å². The molecule has 0 atom stereocenters. The minimum Gasteiger partial charge on any atom is -0.389 e. The van der Waals surface area contributed by atoms with E-state index in [0.717, 1.165) is 43.8 Å². The molecule has 1 aromatic rings. The smallest absolute Gasteiger partial charge is 0.252 e. The van der Waals surface area contributed by atoms with E-state index >= 15 is 0 Å². The first kappa shape index (κ1) is 16.8. The highest BCUT2D eigenvalue weighted by Gasteiger charge is 2.31. The number of likely N-dealkylation sites (tertiary alicyclic amines) is 1. The Morgan fingerprint density at radius 1 is 1.48 bits per heavy atom. The molecule has 0 unspecified atom stereocenters. The zero-order valence-electron chi connectivity index (χ0n) is 12.3. The van der Waals surface area contributed by atoms with Crippen molar-refractivity contribution in [1.29, 1.82) is 0 Å². The molecule has 0 bridgehead atoms.